The van der Waals surface area contributed by atoms with Crippen LogP contribution in [0.25, 0.3) is 0 Å². The number of aromatic nitrogens is 1. The summed E-state index contributed by atoms with van der Waals surface area (Å²) in [7, 11) is 0. The molecule has 0 saturated heterocycles. The van der Waals surface area contributed by atoms with Gasteiger partial charge in [-0.25, -0.2) is 9.37 Å². The number of nitrogens with zero attached hydrogens (tertiary/aromatic N) is 1. The first kappa shape index (κ1) is 11.2. The standard InChI is InChI=1S/C12H13FN2S/c1-8-4-10(13)3-2-9(8)5-11(14)12-6-16-7-15-12/h2-4,6-7,11H,5,14H2,1H3. The van der Waals surface area contributed by atoms with E-state index in [1.54, 1.807) is 11.6 Å². The van der Waals surface area contributed by atoms with Gasteiger partial charge in [0.2, 0.25) is 0 Å². The molecule has 0 saturated carbocycles. The minimum atomic E-state index is -0.205. The topological polar surface area (TPSA) is 38.9 Å². The lowest BCUT2D eigenvalue weighted by atomic mass is 10.0. The number of benzene rings is 1. The van der Waals surface area contributed by atoms with Gasteiger partial charge in [0.25, 0.3) is 0 Å². The van der Waals surface area contributed by atoms with Crippen LogP contribution in [0.5, 0.6) is 0 Å². The van der Waals surface area contributed by atoms with E-state index >= 15 is 0 Å². The van der Waals surface area contributed by atoms with Crippen molar-refractivity contribution in [3.8, 4) is 0 Å². The summed E-state index contributed by atoms with van der Waals surface area (Å²) in [4.78, 5) is 4.18. The molecule has 4 heteroatoms. The zero-order valence-corrected chi connectivity index (χ0v) is 9.80. The van der Waals surface area contributed by atoms with Gasteiger partial charge < -0.3 is 5.73 Å². The summed E-state index contributed by atoms with van der Waals surface area (Å²) in [6.45, 7) is 1.90. The number of halogens is 1. The number of thiazole rings is 1. The predicted molar refractivity (Wildman–Crippen MR) is 63.9 cm³/mol. The lowest BCUT2D eigenvalue weighted by Crippen LogP contribution is -2.14. The second-order valence-electron chi connectivity index (χ2n) is 3.79. The Kier molecular flexibility index (Phi) is 3.31. The van der Waals surface area contributed by atoms with Crippen LogP contribution in [0.2, 0.25) is 0 Å². The summed E-state index contributed by atoms with van der Waals surface area (Å²) >= 11 is 1.53. The SMILES string of the molecule is Cc1cc(F)ccc1CC(N)c1cscn1. The van der Waals surface area contributed by atoms with E-state index < -0.39 is 0 Å². The third kappa shape index (κ3) is 2.46. The van der Waals surface area contributed by atoms with E-state index in [1.165, 1.54) is 23.5 Å². The lowest BCUT2D eigenvalue weighted by Gasteiger charge is -2.11. The number of hydrogen-bond acceptors (Lipinski definition) is 3. The van der Waals surface area contributed by atoms with Crippen LogP contribution in [0.15, 0.2) is 29.1 Å². The maximum absolute atomic E-state index is 12.9. The fourth-order valence-corrected chi connectivity index (χ4v) is 2.25. The van der Waals surface area contributed by atoms with Gasteiger partial charge >= 0.3 is 0 Å². The summed E-state index contributed by atoms with van der Waals surface area (Å²) in [5.41, 5.74) is 10.7. The molecular weight excluding hydrogens is 223 g/mol. The van der Waals surface area contributed by atoms with Crippen LogP contribution < -0.4 is 5.73 Å². The van der Waals surface area contributed by atoms with Crippen LogP contribution >= 0.6 is 11.3 Å². The molecule has 0 spiro atoms. The molecule has 0 radical (unpaired) electrons. The third-order valence-electron chi connectivity index (χ3n) is 2.58. The van der Waals surface area contributed by atoms with Gasteiger partial charge in [0.15, 0.2) is 0 Å². The molecule has 2 nitrogen and oxygen atoms in total. The third-order valence-corrected chi connectivity index (χ3v) is 3.18. The van der Waals surface area contributed by atoms with E-state index in [0.717, 1.165) is 16.8 Å². The number of nitrogens with two attached hydrogens (primary N) is 1. The largest absolute Gasteiger partial charge is 0.322 e. The average Bonchev–Trinajstić information content (AvgIpc) is 2.75. The molecule has 1 unspecified atom stereocenters. The lowest BCUT2D eigenvalue weighted by molar-refractivity contribution is 0.623. The van der Waals surface area contributed by atoms with E-state index in [1.807, 2.05) is 12.3 Å². The van der Waals surface area contributed by atoms with E-state index in [9.17, 15) is 4.39 Å². The highest BCUT2D eigenvalue weighted by molar-refractivity contribution is 7.07. The number of hydrogen-bond donors (Lipinski definition) is 1. The second-order valence-corrected chi connectivity index (χ2v) is 4.51. The molecule has 1 aromatic heterocycles. The van der Waals surface area contributed by atoms with E-state index in [0.29, 0.717) is 6.42 Å². The molecule has 0 aliphatic heterocycles. The molecule has 2 N–H and O–H groups in total. The molecule has 84 valence electrons. The summed E-state index contributed by atoms with van der Waals surface area (Å²) < 4.78 is 12.9. The van der Waals surface area contributed by atoms with Gasteiger partial charge in [-0.15, -0.1) is 11.3 Å². The monoisotopic (exact) mass is 236 g/mol. The Morgan fingerprint density at radius 1 is 1.50 bits per heavy atom. The van der Waals surface area contributed by atoms with Crippen LogP contribution in [0.3, 0.4) is 0 Å². The highest BCUT2D eigenvalue weighted by Gasteiger charge is 2.10. The van der Waals surface area contributed by atoms with Crippen molar-refractivity contribution >= 4 is 11.3 Å². The van der Waals surface area contributed by atoms with Crippen LogP contribution in [0.4, 0.5) is 4.39 Å². The Hall–Kier alpha value is -1.26. The van der Waals surface area contributed by atoms with E-state index in [2.05, 4.69) is 4.98 Å². The molecule has 2 aromatic rings. The summed E-state index contributed by atoms with van der Waals surface area (Å²) in [5, 5.41) is 1.95. The molecule has 2 rings (SSSR count). The molecule has 0 bridgehead atoms. The Balaban J connectivity index is 2.15. The quantitative estimate of drug-likeness (QED) is 0.890. The second kappa shape index (κ2) is 4.72. The molecule has 1 atom stereocenters. The Morgan fingerprint density at radius 3 is 2.94 bits per heavy atom. The minimum absolute atomic E-state index is 0.115. The summed E-state index contributed by atoms with van der Waals surface area (Å²) in [5.74, 6) is -0.205. The summed E-state index contributed by atoms with van der Waals surface area (Å²) in [6, 6.07) is 4.67. The van der Waals surface area contributed by atoms with Crippen molar-refractivity contribution in [1.82, 2.24) is 4.98 Å². The van der Waals surface area contributed by atoms with Crippen molar-refractivity contribution in [2.75, 3.05) is 0 Å². The predicted octanol–water partition coefficient (Wildman–Crippen LogP) is 2.83. The first-order valence-electron chi connectivity index (χ1n) is 5.05. The number of aryl methyl sites for hydroxylation is 1. The smallest absolute Gasteiger partial charge is 0.123 e. The average molecular weight is 236 g/mol. The normalized spacial score (nSPS) is 12.7. The Bertz CT molecular complexity index is 468. The van der Waals surface area contributed by atoms with E-state index in [-0.39, 0.29) is 11.9 Å². The molecular formula is C12H13FN2S. The zero-order chi connectivity index (χ0) is 11.5. The van der Waals surface area contributed by atoms with Crippen LogP contribution in [0.1, 0.15) is 22.9 Å². The fraction of sp³-hybridized carbons (Fsp3) is 0.250. The molecule has 0 amide bonds. The highest BCUT2D eigenvalue weighted by atomic mass is 32.1. The van der Waals surface area contributed by atoms with Gasteiger partial charge in [0, 0.05) is 5.38 Å². The van der Waals surface area contributed by atoms with Gasteiger partial charge in [0.1, 0.15) is 5.82 Å². The van der Waals surface area contributed by atoms with Crippen molar-refractivity contribution in [3.63, 3.8) is 0 Å². The number of rotatable bonds is 3. The van der Waals surface area contributed by atoms with Crippen molar-refractivity contribution in [2.45, 2.75) is 19.4 Å². The van der Waals surface area contributed by atoms with Crippen molar-refractivity contribution in [2.24, 2.45) is 5.73 Å². The van der Waals surface area contributed by atoms with Crippen molar-refractivity contribution in [1.29, 1.82) is 0 Å². The van der Waals surface area contributed by atoms with Crippen LogP contribution in [0, 0.1) is 12.7 Å². The molecule has 1 aromatic carbocycles. The molecule has 1 heterocycles. The Morgan fingerprint density at radius 2 is 2.31 bits per heavy atom. The van der Waals surface area contributed by atoms with Crippen LogP contribution in [-0.2, 0) is 6.42 Å². The van der Waals surface area contributed by atoms with Gasteiger partial charge in [-0.05, 0) is 36.6 Å². The summed E-state index contributed by atoms with van der Waals surface area (Å²) in [6.07, 6.45) is 0.690. The van der Waals surface area contributed by atoms with Crippen LogP contribution in [-0.4, -0.2) is 4.98 Å². The Labute approximate surface area is 97.9 Å². The van der Waals surface area contributed by atoms with Gasteiger partial charge in [0.05, 0.1) is 17.2 Å². The van der Waals surface area contributed by atoms with Crippen molar-refractivity contribution < 1.29 is 4.39 Å². The highest BCUT2D eigenvalue weighted by Crippen LogP contribution is 2.19. The van der Waals surface area contributed by atoms with Gasteiger partial charge in [-0.3, -0.25) is 0 Å². The first-order chi connectivity index (χ1) is 7.66. The molecule has 0 aliphatic rings. The first-order valence-corrected chi connectivity index (χ1v) is 6.00. The maximum Gasteiger partial charge on any atom is 0.123 e. The molecule has 0 aliphatic carbocycles. The van der Waals surface area contributed by atoms with Gasteiger partial charge in [-0.2, -0.15) is 0 Å². The zero-order valence-electron chi connectivity index (χ0n) is 8.98. The van der Waals surface area contributed by atoms with Gasteiger partial charge in [-0.1, -0.05) is 6.07 Å². The maximum atomic E-state index is 12.9. The van der Waals surface area contributed by atoms with Crippen molar-refractivity contribution in [3.05, 3.63) is 51.7 Å². The minimum Gasteiger partial charge on any atom is -0.322 e. The van der Waals surface area contributed by atoms with E-state index in [4.69, 9.17) is 5.73 Å². The molecule has 16 heavy (non-hydrogen) atoms. The molecule has 0 fully saturated rings. The fourth-order valence-electron chi connectivity index (χ4n) is 1.63.